The number of rotatable bonds is 5. The van der Waals surface area contributed by atoms with Gasteiger partial charge >= 0.3 is 0 Å². The fourth-order valence-corrected chi connectivity index (χ4v) is 3.53. The fraction of sp³-hybridized carbons (Fsp3) is 0.409. The minimum Gasteiger partial charge on any atom is -0.444 e. The molecule has 1 aromatic carbocycles. The highest BCUT2D eigenvalue weighted by molar-refractivity contribution is 14.0. The van der Waals surface area contributed by atoms with Gasteiger partial charge in [0.2, 0.25) is 5.89 Å². The molecule has 8 nitrogen and oxygen atoms in total. The van der Waals surface area contributed by atoms with Crippen LogP contribution in [0.3, 0.4) is 0 Å². The van der Waals surface area contributed by atoms with Crippen LogP contribution in [0, 0.1) is 6.92 Å². The van der Waals surface area contributed by atoms with E-state index in [0.29, 0.717) is 12.5 Å². The molecule has 9 heteroatoms. The van der Waals surface area contributed by atoms with E-state index in [-0.39, 0.29) is 30.1 Å². The van der Waals surface area contributed by atoms with Crippen molar-refractivity contribution < 1.29 is 9.15 Å². The number of hydrogen-bond donors (Lipinski definition) is 1. The zero-order chi connectivity index (χ0) is 20.9. The Balaban J connectivity index is 0.00000272. The Bertz CT molecular complexity index is 998. The summed E-state index contributed by atoms with van der Waals surface area (Å²) in [7, 11) is 3.72. The van der Waals surface area contributed by atoms with Crippen LogP contribution in [-0.4, -0.2) is 58.9 Å². The second-order valence-corrected chi connectivity index (χ2v) is 7.49. The third-order valence-electron chi connectivity index (χ3n) is 5.19. The van der Waals surface area contributed by atoms with Crippen molar-refractivity contribution in [2.45, 2.75) is 19.4 Å². The highest BCUT2D eigenvalue weighted by atomic mass is 127. The molecule has 1 aliphatic rings. The van der Waals surface area contributed by atoms with Gasteiger partial charge in [0.15, 0.2) is 5.96 Å². The summed E-state index contributed by atoms with van der Waals surface area (Å²) in [6, 6.07) is 8.18. The molecule has 4 rings (SSSR count). The molecule has 3 heterocycles. The number of nitrogens with one attached hydrogen (secondary N) is 1. The molecule has 31 heavy (non-hydrogen) atoms. The summed E-state index contributed by atoms with van der Waals surface area (Å²) in [5, 5.41) is 7.69. The van der Waals surface area contributed by atoms with Crippen molar-refractivity contribution in [3.8, 4) is 11.5 Å². The van der Waals surface area contributed by atoms with E-state index in [2.05, 4.69) is 44.3 Å². The lowest BCUT2D eigenvalue weighted by atomic mass is 10.1. The smallest absolute Gasteiger partial charge is 0.226 e. The first-order chi connectivity index (χ1) is 14.6. The number of hydrogen-bond acceptors (Lipinski definition) is 5. The van der Waals surface area contributed by atoms with Gasteiger partial charge in [0, 0.05) is 50.9 Å². The maximum Gasteiger partial charge on any atom is 0.226 e. The Hall–Kier alpha value is -2.40. The number of nitrogens with zero attached hydrogens (tertiary/aromatic N) is 5. The van der Waals surface area contributed by atoms with Crippen molar-refractivity contribution in [2.24, 2.45) is 12.0 Å². The number of morpholine rings is 1. The Labute approximate surface area is 199 Å². The lowest BCUT2D eigenvalue weighted by Gasteiger charge is -2.34. The zero-order valence-electron chi connectivity index (χ0n) is 18.1. The molecule has 0 saturated carbocycles. The van der Waals surface area contributed by atoms with E-state index >= 15 is 0 Å². The van der Waals surface area contributed by atoms with Crippen LogP contribution in [-0.2, 0) is 18.2 Å². The van der Waals surface area contributed by atoms with Gasteiger partial charge in [-0.25, -0.2) is 4.98 Å². The highest BCUT2D eigenvalue weighted by Crippen LogP contribution is 2.22. The summed E-state index contributed by atoms with van der Waals surface area (Å²) in [4.78, 5) is 11.3. The van der Waals surface area contributed by atoms with Gasteiger partial charge in [-0.1, -0.05) is 17.7 Å². The number of ether oxygens (including phenoxy) is 1. The Kier molecular flexibility index (Phi) is 8.08. The average Bonchev–Trinajstić information content (AvgIpc) is 3.41. The van der Waals surface area contributed by atoms with Crippen molar-refractivity contribution in [3.63, 3.8) is 0 Å². The van der Waals surface area contributed by atoms with E-state index in [1.165, 1.54) is 5.56 Å². The molecular formula is C22H29IN6O2. The quantitative estimate of drug-likeness (QED) is 0.307. The standard InChI is InChI=1S/C22H28N6O2.HI/c1-16-4-6-17(7-5-16)21-26-19(15-30-21)8-9-24-22(23-2)28-10-11-29-20(14-28)18-12-25-27(3)13-18;/h4-7,12-13,15,20H,8-11,14H2,1-3H3,(H,23,24);1H. The molecule has 0 spiro atoms. The highest BCUT2D eigenvalue weighted by Gasteiger charge is 2.25. The molecular weight excluding hydrogens is 507 g/mol. The second-order valence-electron chi connectivity index (χ2n) is 7.49. The largest absolute Gasteiger partial charge is 0.444 e. The number of halogens is 1. The van der Waals surface area contributed by atoms with Crippen molar-refractivity contribution in [3.05, 3.63) is 59.7 Å². The first-order valence-corrected chi connectivity index (χ1v) is 10.2. The molecule has 166 valence electrons. The lowest BCUT2D eigenvalue weighted by molar-refractivity contribution is -0.00801. The van der Waals surface area contributed by atoms with Gasteiger partial charge in [-0.3, -0.25) is 9.67 Å². The molecule has 1 unspecified atom stereocenters. The van der Waals surface area contributed by atoms with Crippen LogP contribution in [0.2, 0.25) is 0 Å². The first-order valence-electron chi connectivity index (χ1n) is 10.2. The molecule has 1 fully saturated rings. The monoisotopic (exact) mass is 536 g/mol. The summed E-state index contributed by atoms with van der Waals surface area (Å²) in [5.74, 6) is 1.52. The number of benzene rings is 1. The summed E-state index contributed by atoms with van der Waals surface area (Å²) >= 11 is 0. The number of aryl methyl sites for hydroxylation is 2. The second kappa shape index (κ2) is 10.8. The number of guanidine groups is 1. The Morgan fingerprint density at radius 2 is 2.10 bits per heavy atom. The van der Waals surface area contributed by atoms with Crippen LogP contribution >= 0.6 is 24.0 Å². The van der Waals surface area contributed by atoms with Gasteiger partial charge < -0.3 is 19.4 Å². The minimum atomic E-state index is -0.00129. The number of aromatic nitrogens is 3. The molecule has 0 bridgehead atoms. The SMILES string of the molecule is CN=C(NCCc1coc(-c2ccc(C)cc2)n1)N1CCOC(c2cnn(C)c2)C1.I. The molecule has 0 aliphatic carbocycles. The summed E-state index contributed by atoms with van der Waals surface area (Å²) in [6.45, 7) is 4.99. The summed E-state index contributed by atoms with van der Waals surface area (Å²) in [6.07, 6.45) is 6.34. The number of oxazole rings is 1. The molecule has 0 amide bonds. The summed E-state index contributed by atoms with van der Waals surface area (Å²) in [5.41, 5.74) is 4.22. The van der Waals surface area contributed by atoms with Gasteiger partial charge in [-0.15, -0.1) is 24.0 Å². The van der Waals surface area contributed by atoms with E-state index in [9.17, 15) is 0 Å². The van der Waals surface area contributed by atoms with Crippen LogP contribution in [0.5, 0.6) is 0 Å². The molecule has 3 aromatic rings. The van der Waals surface area contributed by atoms with Gasteiger partial charge in [-0.2, -0.15) is 5.10 Å². The van der Waals surface area contributed by atoms with Gasteiger partial charge in [0.1, 0.15) is 12.4 Å². The predicted octanol–water partition coefficient (Wildman–Crippen LogP) is 3.19. The molecule has 2 aromatic heterocycles. The molecule has 1 N–H and O–H groups in total. The molecule has 1 saturated heterocycles. The molecule has 0 radical (unpaired) electrons. The zero-order valence-corrected chi connectivity index (χ0v) is 20.4. The van der Waals surface area contributed by atoms with Gasteiger partial charge in [0.05, 0.1) is 25.0 Å². The normalized spacial score (nSPS) is 16.8. The van der Waals surface area contributed by atoms with E-state index < -0.39 is 0 Å². The van der Waals surface area contributed by atoms with E-state index in [4.69, 9.17) is 9.15 Å². The van der Waals surface area contributed by atoms with Crippen molar-refractivity contribution >= 4 is 29.9 Å². The van der Waals surface area contributed by atoms with Crippen LogP contribution < -0.4 is 5.32 Å². The maximum absolute atomic E-state index is 5.93. The molecule has 1 atom stereocenters. The molecule has 1 aliphatic heterocycles. The van der Waals surface area contributed by atoms with E-state index in [1.807, 2.05) is 38.6 Å². The third kappa shape index (κ3) is 5.85. The van der Waals surface area contributed by atoms with Crippen LogP contribution in [0.15, 0.2) is 52.3 Å². The van der Waals surface area contributed by atoms with Crippen molar-refractivity contribution in [2.75, 3.05) is 33.3 Å². The lowest BCUT2D eigenvalue weighted by Crippen LogP contribution is -2.48. The van der Waals surface area contributed by atoms with Crippen molar-refractivity contribution in [1.29, 1.82) is 0 Å². The van der Waals surface area contributed by atoms with E-state index in [0.717, 1.165) is 48.8 Å². The Morgan fingerprint density at radius 3 is 2.81 bits per heavy atom. The summed E-state index contributed by atoms with van der Waals surface area (Å²) < 4.78 is 13.4. The number of aliphatic imine (C=N–C) groups is 1. The van der Waals surface area contributed by atoms with Crippen LogP contribution in [0.1, 0.15) is 22.9 Å². The first kappa shape index (κ1) is 23.3. The van der Waals surface area contributed by atoms with Gasteiger partial charge in [-0.05, 0) is 19.1 Å². The fourth-order valence-electron chi connectivity index (χ4n) is 3.53. The topological polar surface area (TPSA) is 80.7 Å². The van der Waals surface area contributed by atoms with Crippen molar-refractivity contribution in [1.82, 2.24) is 25.0 Å². The average molecular weight is 536 g/mol. The van der Waals surface area contributed by atoms with Crippen LogP contribution in [0.4, 0.5) is 0 Å². The van der Waals surface area contributed by atoms with Crippen LogP contribution in [0.25, 0.3) is 11.5 Å². The third-order valence-corrected chi connectivity index (χ3v) is 5.19. The predicted molar refractivity (Wildman–Crippen MR) is 131 cm³/mol. The minimum absolute atomic E-state index is 0. The Morgan fingerprint density at radius 1 is 1.29 bits per heavy atom. The van der Waals surface area contributed by atoms with E-state index in [1.54, 1.807) is 10.9 Å². The maximum atomic E-state index is 5.93. The van der Waals surface area contributed by atoms with Gasteiger partial charge in [0.25, 0.3) is 0 Å².